The van der Waals surface area contributed by atoms with Crippen LogP contribution in [0.3, 0.4) is 0 Å². The molecular weight excluding hydrogens is 550 g/mol. The maximum atomic E-state index is 13.9. The predicted octanol–water partition coefficient (Wildman–Crippen LogP) is 4.15. The third-order valence-corrected chi connectivity index (χ3v) is 11.2. The Bertz CT molecular complexity index is 1600. The highest BCUT2D eigenvalue weighted by atomic mass is 32.2. The van der Waals surface area contributed by atoms with Gasteiger partial charge in [-0.05, 0) is 81.8 Å². The van der Waals surface area contributed by atoms with Crippen LogP contribution in [0.15, 0.2) is 48.7 Å². The van der Waals surface area contributed by atoms with Crippen LogP contribution in [0.5, 0.6) is 0 Å². The second-order valence-corrected chi connectivity index (χ2v) is 14.1. The molecule has 3 aliphatic heterocycles. The number of carbonyl (C=O) groups excluding carboxylic acids is 1. The number of piperidine rings is 1. The second-order valence-electron chi connectivity index (χ2n) is 12.2. The number of benzene rings is 1. The van der Waals surface area contributed by atoms with Gasteiger partial charge in [0.05, 0.1) is 29.0 Å². The molecule has 1 aromatic carbocycles. The summed E-state index contributed by atoms with van der Waals surface area (Å²) < 4.78 is 30.0. The first-order chi connectivity index (χ1) is 20.4. The van der Waals surface area contributed by atoms with Crippen LogP contribution in [0.1, 0.15) is 67.0 Å². The monoisotopic (exact) mass is 589 g/mol. The third kappa shape index (κ3) is 4.86. The van der Waals surface area contributed by atoms with E-state index in [1.165, 1.54) is 45.6 Å². The van der Waals surface area contributed by atoms with Crippen LogP contribution < -0.4 is 4.90 Å². The molecule has 0 N–H and O–H groups in total. The molecule has 42 heavy (non-hydrogen) atoms. The van der Waals surface area contributed by atoms with Gasteiger partial charge in [0.15, 0.2) is 5.65 Å². The van der Waals surface area contributed by atoms with Crippen molar-refractivity contribution in [1.29, 1.82) is 0 Å². The van der Waals surface area contributed by atoms with E-state index in [1.54, 1.807) is 6.08 Å². The van der Waals surface area contributed by atoms with E-state index in [0.29, 0.717) is 17.5 Å². The first kappa shape index (κ1) is 27.4. The number of hydrogen-bond acceptors (Lipinski definition) is 7. The summed E-state index contributed by atoms with van der Waals surface area (Å²) in [5.41, 5.74) is 3.59. The van der Waals surface area contributed by atoms with E-state index >= 15 is 0 Å². The molecule has 5 heterocycles. The van der Waals surface area contributed by atoms with Crippen molar-refractivity contribution in [1.82, 2.24) is 28.3 Å². The van der Waals surface area contributed by atoms with Crippen LogP contribution in [0.2, 0.25) is 0 Å². The van der Waals surface area contributed by atoms with Gasteiger partial charge in [0.2, 0.25) is 0 Å². The standard InChI is InChI=1S/C31H39N7O3S/c1-34-15-8-18-37(42(34,40)41)31(39)26-21-27(36-19-13-23(14-20-36)22-35-16-5-6-17-35)28-29(24-9-7-10-24)33-38(30(28)32-26)25-11-3-2-4-12-25/h2-4,8,11-12,15,21,23-24H,5-7,9-10,13-14,16-20,22H2,1H3. The zero-order chi connectivity index (χ0) is 28.8. The van der Waals surface area contributed by atoms with Crippen molar-refractivity contribution in [3.63, 3.8) is 0 Å². The van der Waals surface area contributed by atoms with Gasteiger partial charge >= 0.3 is 10.2 Å². The highest BCUT2D eigenvalue weighted by Gasteiger charge is 2.36. The first-order valence-electron chi connectivity index (χ1n) is 15.3. The minimum absolute atomic E-state index is 0.0201. The molecule has 11 heteroatoms. The van der Waals surface area contributed by atoms with Crippen molar-refractivity contribution < 1.29 is 13.2 Å². The van der Waals surface area contributed by atoms with E-state index in [0.717, 1.165) is 76.4 Å². The fourth-order valence-electron chi connectivity index (χ4n) is 6.82. The Hall–Kier alpha value is -3.44. The van der Waals surface area contributed by atoms with Gasteiger partial charge in [0.25, 0.3) is 5.91 Å². The van der Waals surface area contributed by atoms with Crippen LogP contribution in [0, 0.1) is 5.92 Å². The van der Waals surface area contributed by atoms with E-state index in [9.17, 15) is 13.2 Å². The van der Waals surface area contributed by atoms with E-state index in [2.05, 4.69) is 9.80 Å². The Balaban J connectivity index is 1.32. The molecule has 2 aromatic heterocycles. The van der Waals surface area contributed by atoms with Crippen molar-refractivity contribution in [3.05, 3.63) is 60.1 Å². The van der Waals surface area contributed by atoms with Crippen LogP contribution in [0.25, 0.3) is 16.7 Å². The minimum atomic E-state index is -3.98. The van der Waals surface area contributed by atoms with Gasteiger partial charge in [0.1, 0.15) is 5.69 Å². The van der Waals surface area contributed by atoms with E-state index in [1.807, 2.05) is 41.1 Å². The summed E-state index contributed by atoms with van der Waals surface area (Å²) >= 11 is 0. The number of fused-ring (bicyclic) bond motifs is 1. The molecule has 0 spiro atoms. The van der Waals surface area contributed by atoms with Crippen molar-refractivity contribution in [2.24, 2.45) is 5.92 Å². The lowest BCUT2D eigenvalue weighted by molar-refractivity contribution is 0.0859. The fourth-order valence-corrected chi connectivity index (χ4v) is 7.95. The van der Waals surface area contributed by atoms with Gasteiger partial charge < -0.3 is 9.80 Å². The Morgan fingerprint density at radius 1 is 0.976 bits per heavy atom. The first-order valence-corrected chi connectivity index (χ1v) is 16.7. The van der Waals surface area contributed by atoms with E-state index in [-0.39, 0.29) is 12.2 Å². The molecule has 10 nitrogen and oxygen atoms in total. The van der Waals surface area contributed by atoms with Gasteiger partial charge in [-0.1, -0.05) is 24.6 Å². The fraction of sp³-hybridized carbons (Fsp3) is 0.516. The molecule has 1 amide bonds. The second kappa shape index (κ2) is 11.0. The molecule has 4 aliphatic rings. The molecule has 0 bridgehead atoms. The number of likely N-dealkylation sites (tertiary alicyclic amines) is 1. The largest absolute Gasteiger partial charge is 0.371 e. The summed E-state index contributed by atoms with van der Waals surface area (Å²) in [6, 6.07) is 11.7. The molecule has 1 aliphatic carbocycles. The number of para-hydroxylation sites is 1. The maximum absolute atomic E-state index is 13.9. The normalized spacial score (nSPS) is 21.8. The summed E-state index contributed by atoms with van der Waals surface area (Å²) in [6.07, 6.45) is 11.3. The van der Waals surface area contributed by atoms with Crippen LogP contribution in [0.4, 0.5) is 5.69 Å². The van der Waals surface area contributed by atoms with E-state index in [4.69, 9.17) is 10.1 Å². The molecule has 2 saturated heterocycles. The molecule has 3 fully saturated rings. The molecule has 222 valence electrons. The summed E-state index contributed by atoms with van der Waals surface area (Å²) in [6.45, 7) is 5.34. The number of rotatable bonds is 6. The average Bonchev–Trinajstić information content (AvgIpc) is 3.62. The number of anilines is 1. The lowest BCUT2D eigenvalue weighted by atomic mass is 9.81. The lowest BCUT2D eigenvalue weighted by Crippen LogP contribution is -2.46. The van der Waals surface area contributed by atoms with Crippen LogP contribution >= 0.6 is 0 Å². The van der Waals surface area contributed by atoms with Crippen molar-refractivity contribution in [2.75, 3.05) is 51.2 Å². The third-order valence-electron chi connectivity index (χ3n) is 9.48. The molecule has 3 aromatic rings. The van der Waals surface area contributed by atoms with Crippen molar-refractivity contribution in [2.45, 2.75) is 50.9 Å². The van der Waals surface area contributed by atoms with Gasteiger partial charge in [0, 0.05) is 38.8 Å². The summed E-state index contributed by atoms with van der Waals surface area (Å²) in [5, 5.41) is 6.13. The Labute approximate surface area is 247 Å². The summed E-state index contributed by atoms with van der Waals surface area (Å²) in [5.74, 6) is 0.398. The average molecular weight is 590 g/mol. The number of hydrogen-bond donors (Lipinski definition) is 0. The zero-order valence-corrected chi connectivity index (χ0v) is 25.0. The minimum Gasteiger partial charge on any atom is -0.371 e. The summed E-state index contributed by atoms with van der Waals surface area (Å²) in [4.78, 5) is 23.8. The summed E-state index contributed by atoms with van der Waals surface area (Å²) in [7, 11) is -2.54. The molecule has 1 saturated carbocycles. The Morgan fingerprint density at radius 2 is 1.71 bits per heavy atom. The number of carbonyl (C=O) groups is 1. The highest BCUT2D eigenvalue weighted by Crippen LogP contribution is 2.43. The van der Waals surface area contributed by atoms with Gasteiger partial charge in [-0.3, -0.25) is 9.10 Å². The van der Waals surface area contributed by atoms with Crippen molar-refractivity contribution in [3.8, 4) is 5.69 Å². The quantitative estimate of drug-likeness (QED) is 0.427. The number of amides is 1. The van der Waals surface area contributed by atoms with Gasteiger partial charge in [-0.25, -0.2) is 14.0 Å². The molecule has 7 rings (SSSR count). The zero-order valence-electron chi connectivity index (χ0n) is 24.2. The molecule has 0 atom stereocenters. The Kier molecular flexibility index (Phi) is 7.17. The predicted molar refractivity (Wildman–Crippen MR) is 163 cm³/mol. The van der Waals surface area contributed by atoms with Gasteiger partial charge in [-0.2, -0.15) is 13.5 Å². The lowest BCUT2D eigenvalue weighted by Gasteiger charge is -2.36. The maximum Gasteiger partial charge on any atom is 0.328 e. The number of aromatic nitrogens is 3. The smallest absolute Gasteiger partial charge is 0.328 e. The van der Waals surface area contributed by atoms with Gasteiger partial charge in [-0.15, -0.1) is 0 Å². The Morgan fingerprint density at radius 3 is 2.40 bits per heavy atom. The topological polar surface area (TPSA) is 94.9 Å². The van der Waals surface area contributed by atoms with Crippen LogP contribution in [-0.2, 0) is 10.2 Å². The van der Waals surface area contributed by atoms with Crippen molar-refractivity contribution >= 4 is 32.8 Å². The molecular formula is C31H39N7O3S. The number of pyridine rings is 1. The number of nitrogens with zero attached hydrogens (tertiary/aromatic N) is 7. The van der Waals surface area contributed by atoms with Crippen LogP contribution in [-0.4, -0.2) is 88.9 Å². The SMILES string of the molecule is CN1C=CCN(C(=O)c2cc(N3CCC(CN4CCCC4)CC3)c3c(C4CCC4)nn(-c4ccccc4)c3n2)S1(=O)=O. The molecule has 0 unspecified atom stereocenters. The van der Waals surface area contributed by atoms with E-state index < -0.39 is 16.1 Å². The molecule has 0 radical (unpaired) electrons. The highest BCUT2D eigenvalue weighted by molar-refractivity contribution is 7.87.